The molecule has 0 aromatic heterocycles. The number of primary sulfonamides is 1. The summed E-state index contributed by atoms with van der Waals surface area (Å²) in [7, 11) is -2.25. The van der Waals surface area contributed by atoms with Crippen LogP contribution in [0.2, 0.25) is 0 Å². The second kappa shape index (κ2) is 8.91. The summed E-state index contributed by atoms with van der Waals surface area (Å²) in [4.78, 5) is 12.9. The highest BCUT2D eigenvalue weighted by molar-refractivity contribution is 7.89. The number of amides is 1. The van der Waals surface area contributed by atoms with E-state index in [4.69, 9.17) is 14.6 Å². The lowest BCUT2D eigenvalue weighted by Gasteiger charge is -2.13. The summed E-state index contributed by atoms with van der Waals surface area (Å²) >= 11 is 0. The first-order chi connectivity index (χ1) is 14.6. The Hall–Kier alpha value is -3.17. The molecule has 1 amide bonds. The minimum Gasteiger partial charge on any atom is -0.493 e. The fourth-order valence-corrected chi connectivity index (χ4v) is 3.47. The molecule has 164 valence electrons. The summed E-state index contributed by atoms with van der Waals surface area (Å²) in [6.45, 7) is 6.43. The minimum atomic E-state index is -3.81. The Kier molecular flexibility index (Phi) is 6.47. The van der Waals surface area contributed by atoms with Gasteiger partial charge in [0.15, 0.2) is 11.5 Å². The topological polar surface area (TPSA) is 111 Å². The summed E-state index contributed by atoms with van der Waals surface area (Å²) in [5.74, 6) is 1.27. The van der Waals surface area contributed by atoms with E-state index in [2.05, 4.69) is 18.9 Å². The van der Waals surface area contributed by atoms with E-state index in [0.717, 1.165) is 5.56 Å². The molecule has 0 unspecified atom stereocenters. The number of methoxy groups -OCH3 is 1. The van der Waals surface area contributed by atoms with Crippen LogP contribution < -0.4 is 19.6 Å². The zero-order chi connectivity index (χ0) is 22.8. The number of benzene rings is 2. The van der Waals surface area contributed by atoms with Crippen LogP contribution in [0, 0.1) is 5.92 Å². The standard InChI is InChI=1S/C22H25N3O5S/c1-14(2)13-30-20-10-5-16(12-21(20)29-4)11-19-15(3)24-25(22(19)26)17-6-8-18(9-7-17)31(23,27)28/h5-12,14H,13H2,1-4H3,(H2,23,27,28). The van der Waals surface area contributed by atoms with Gasteiger partial charge in [-0.25, -0.2) is 13.6 Å². The molecule has 3 rings (SSSR count). The van der Waals surface area contributed by atoms with Crippen molar-refractivity contribution in [2.75, 3.05) is 18.7 Å². The van der Waals surface area contributed by atoms with E-state index in [1.807, 2.05) is 12.1 Å². The third kappa shape index (κ3) is 5.12. The number of carbonyl (C=O) groups excluding carboxylic acids is 1. The average molecular weight is 444 g/mol. The predicted molar refractivity (Wildman–Crippen MR) is 120 cm³/mol. The Labute approximate surface area is 182 Å². The van der Waals surface area contributed by atoms with Crippen molar-refractivity contribution in [1.29, 1.82) is 0 Å². The molecule has 0 saturated heterocycles. The van der Waals surface area contributed by atoms with Gasteiger partial charge in [0.05, 0.1) is 35.6 Å². The van der Waals surface area contributed by atoms with E-state index < -0.39 is 10.0 Å². The molecule has 2 aromatic rings. The SMILES string of the molecule is COc1cc(C=C2C(=O)N(c3ccc(S(N)(=O)=O)cc3)N=C2C)ccc1OCC(C)C. The van der Waals surface area contributed by atoms with Crippen molar-refractivity contribution >= 4 is 33.4 Å². The van der Waals surface area contributed by atoms with Gasteiger partial charge in [-0.05, 0) is 60.9 Å². The lowest BCUT2D eigenvalue weighted by molar-refractivity contribution is -0.114. The quantitative estimate of drug-likeness (QED) is 0.661. The number of rotatable bonds is 7. The zero-order valence-electron chi connectivity index (χ0n) is 17.8. The number of hydrogen-bond donors (Lipinski definition) is 1. The first-order valence-corrected chi connectivity index (χ1v) is 11.2. The molecule has 0 fully saturated rings. The van der Waals surface area contributed by atoms with Crippen molar-refractivity contribution in [2.24, 2.45) is 16.2 Å². The molecule has 0 atom stereocenters. The van der Waals surface area contributed by atoms with Gasteiger partial charge in [0, 0.05) is 0 Å². The summed E-state index contributed by atoms with van der Waals surface area (Å²) in [5.41, 5.74) is 2.17. The van der Waals surface area contributed by atoms with Gasteiger partial charge in [-0.15, -0.1) is 0 Å². The maximum absolute atomic E-state index is 12.9. The molecule has 0 bridgehead atoms. The second-order valence-electron chi connectivity index (χ2n) is 7.51. The highest BCUT2D eigenvalue weighted by Gasteiger charge is 2.29. The number of hydrazone groups is 1. The monoisotopic (exact) mass is 443 g/mol. The number of sulfonamides is 1. The van der Waals surface area contributed by atoms with Crippen molar-refractivity contribution in [3.05, 3.63) is 53.6 Å². The third-order valence-electron chi connectivity index (χ3n) is 4.54. The number of nitrogens with zero attached hydrogens (tertiary/aromatic N) is 2. The molecule has 0 saturated carbocycles. The first-order valence-electron chi connectivity index (χ1n) is 9.65. The summed E-state index contributed by atoms with van der Waals surface area (Å²) < 4.78 is 34.1. The summed E-state index contributed by atoms with van der Waals surface area (Å²) in [6, 6.07) is 11.1. The van der Waals surface area contributed by atoms with Crippen LogP contribution in [0.5, 0.6) is 11.5 Å². The highest BCUT2D eigenvalue weighted by atomic mass is 32.2. The van der Waals surface area contributed by atoms with Crippen molar-refractivity contribution in [2.45, 2.75) is 25.7 Å². The molecule has 1 aliphatic rings. The van der Waals surface area contributed by atoms with Crippen molar-refractivity contribution < 1.29 is 22.7 Å². The Bertz CT molecular complexity index is 1150. The number of nitrogens with two attached hydrogens (primary N) is 1. The number of carbonyl (C=O) groups is 1. The van der Waals surface area contributed by atoms with Gasteiger partial charge in [0.1, 0.15) is 0 Å². The van der Waals surface area contributed by atoms with Gasteiger partial charge >= 0.3 is 0 Å². The highest BCUT2D eigenvalue weighted by Crippen LogP contribution is 2.31. The fourth-order valence-electron chi connectivity index (χ4n) is 2.95. The molecular weight excluding hydrogens is 418 g/mol. The average Bonchev–Trinajstić information content (AvgIpc) is 3.00. The molecule has 1 aliphatic heterocycles. The second-order valence-corrected chi connectivity index (χ2v) is 9.08. The van der Waals surface area contributed by atoms with Gasteiger partial charge < -0.3 is 9.47 Å². The molecule has 1 heterocycles. The van der Waals surface area contributed by atoms with Crippen molar-refractivity contribution in [3.63, 3.8) is 0 Å². The van der Waals surface area contributed by atoms with Gasteiger partial charge in [-0.3, -0.25) is 4.79 Å². The van der Waals surface area contributed by atoms with Gasteiger partial charge in [0.25, 0.3) is 5.91 Å². The number of hydrogen-bond acceptors (Lipinski definition) is 6. The summed E-state index contributed by atoms with van der Waals surface area (Å²) in [5, 5.41) is 10.7. The molecule has 2 N–H and O–H groups in total. The maximum atomic E-state index is 12.9. The Balaban J connectivity index is 1.86. The minimum absolute atomic E-state index is 0.0359. The molecule has 0 spiro atoms. The fraction of sp³-hybridized carbons (Fsp3) is 0.273. The van der Waals surface area contributed by atoms with Crippen LogP contribution in [0.15, 0.2) is 58.0 Å². The van der Waals surface area contributed by atoms with Gasteiger partial charge in [-0.2, -0.15) is 10.1 Å². The van der Waals surface area contributed by atoms with Crippen LogP contribution in [0.1, 0.15) is 26.3 Å². The van der Waals surface area contributed by atoms with E-state index in [-0.39, 0.29) is 10.8 Å². The van der Waals surface area contributed by atoms with Crippen LogP contribution in [0.3, 0.4) is 0 Å². The van der Waals surface area contributed by atoms with Crippen LogP contribution in [-0.2, 0) is 14.8 Å². The lowest BCUT2D eigenvalue weighted by atomic mass is 10.1. The first kappa shape index (κ1) is 22.5. The Morgan fingerprint density at radius 1 is 1.13 bits per heavy atom. The third-order valence-corrected chi connectivity index (χ3v) is 5.47. The van der Waals surface area contributed by atoms with E-state index >= 15 is 0 Å². The molecular formula is C22H25N3O5S. The van der Waals surface area contributed by atoms with Gasteiger partial charge in [-0.1, -0.05) is 19.9 Å². The lowest BCUT2D eigenvalue weighted by Crippen LogP contribution is -2.21. The van der Waals surface area contributed by atoms with Crippen LogP contribution >= 0.6 is 0 Å². The smallest absolute Gasteiger partial charge is 0.280 e. The predicted octanol–water partition coefficient (Wildman–Crippen LogP) is 3.18. The molecule has 0 radical (unpaired) electrons. The van der Waals surface area contributed by atoms with E-state index in [1.54, 1.807) is 26.2 Å². The van der Waals surface area contributed by atoms with Crippen molar-refractivity contribution in [1.82, 2.24) is 0 Å². The van der Waals surface area contributed by atoms with Gasteiger partial charge in [0.2, 0.25) is 10.0 Å². The zero-order valence-corrected chi connectivity index (χ0v) is 18.6. The summed E-state index contributed by atoms with van der Waals surface area (Å²) in [6.07, 6.45) is 1.73. The Morgan fingerprint density at radius 3 is 2.39 bits per heavy atom. The molecule has 0 aliphatic carbocycles. The Morgan fingerprint density at radius 2 is 1.81 bits per heavy atom. The van der Waals surface area contributed by atoms with E-state index in [9.17, 15) is 13.2 Å². The van der Waals surface area contributed by atoms with Crippen molar-refractivity contribution in [3.8, 4) is 11.5 Å². The number of ether oxygens (including phenoxy) is 2. The maximum Gasteiger partial charge on any atom is 0.280 e. The number of anilines is 1. The van der Waals surface area contributed by atoms with E-state index in [1.165, 1.54) is 29.3 Å². The molecule has 9 heteroatoms. The normalized spacial score (nSPS) is 15.5. The van der Waals surface area contributed by atoms with E-state index in [0.29, 0.717) is 41.0 Å². The molecule has 8 nitrogen and oxygen atoms in total. The molecule has 2 aromatic carbocycles. The molecule has 31 heavy (non-hydrogen) atoms. The van der Waals surface area contributed by atoms with Crippen LogP contribution in [0.25, 0.3) is 6.08 Å². The largest absolute Gasteiger partial charge is 0.493 e. The van der Waals surface area contributed by atoms with Crippen LogP contribution in [0.4, 0.5) is 5.69 Å². The van der Waals surface area contributed by atoms with Crippen LogP contribution in [-0.4, -0.2) is 33.8 Å².